The van der Waals surface area contributed by atoms with Gasteiger partial charge in [-0.2, -0.15) is 0 Å². The van der Waals surface area contributed by atoms with Crippen LogP contribution >= 0.6 is 0 Å². The molecule has 2 atom stereocenters. The monoisotopic (exact) mass is 390 g/mol. The molecule has 7 nitrogen and oxygen atoms in total. The van der Waals surface area contributed by atoms with Crippen LogP contribution in [0, 0.1) is 0 Å². The summed E-state index contributed by atoms with van der Waals surface area (Å²) in [6.45, 7) is 0.935. The average molecular weight is 390 g/mol. The van der Waals surface area contributed by atoms with Crippen LogP contribution in [0.4, 0.5) is 0 Å². The number of ether oxygens (including phenoxy) is 1. The standard InChI is InChI=1S/C22H22N4O3/c27-13-20-23-12-17(25-20)10-19(22(28)29-14-15-6-2-1-3-7-15)26-21-18-9-5-4-8-16(18)11-24-21/h1-9,12-13,19,21,24,26H,10-11,14H2,(H,23,25)/t19-,21?/m0/s1. The Kier molecular flexibility index (Phi) is 5.79. The van der Waals surface area contributed by atoms with Gasteiger partial charge in [-0.1, -0.05) is 54.6 Å². The number of carbonyl (C=O) groups is 2. The lowest BCUT2D eigenvalue weighted by molar-refractivity contribution is -0.147. The first-order chi connectivity index (χ1) is 14.2. The molecule has 7 heteroatoms. The maximum Gasteiger partial charge on any atom is 0.323 e. The summed E-state index contributed by atoms with van der Waals surface area (Å²) in [4.78, 5) is 30.8. The number of esters is 1. The van der Waals surface area contributed by atoms with Gasteiger partial charge in [0.25, 0.3) is 0 Å². The van der Waals surface area contributed by atoms with E-state index in [0.29, 0.717) is 18.4 Å². The lowest BCUT2D eigenvalue weighted by atomic mass is 10.1. The fraction of sp³-hybridized carbons (Fsp3) is 0.227. The minimum Gasteiger partial charge on any atom is -0.460 e. The number of aromatic nitrogens is 2. The normalized spacial score (nSPS) is 16.2. The van der Waals surface area contributed by atoms with E-state index in [0.717, 1.165) is 17.7 Å². The maximum atomic E-state index is 12.9. The van der Waals surface area contributed by atoms with Crippen LogP contribution in [-0.4, -0.2) is 28.3 Å². The molecule has 1 aromatic heterocycles. The van der Waals surface area contributed by atoms with Gasteiger partial charge in [0.05, 0.1) is 11.9 Å². The van der Waals surface area contributed by atoms with Crippen molar-refractivity contribution in [2.45, 2.75) is 31.8 Å². The molecule has 1 unspecified atom stereocenters. The van der Waals surface area contributed by atoms with E-state index in [1.54, 1.807) is 6.20 Å². The molecule has 1 aliphatic rings. The van der Waals surface area contributed by atoms with Crippen LogP contribution in [-0.2, 0) is 29.1 Å². The molecule has 2 aromatic carbocycles. The Hall–Kier alpha value is -3.29. The summed E-state index contributed by atoms with van der Waals surface area (Å²) in [6.07, 6.45) is 2.43. The van der Waals surface area contributed by atoms with Crippen molar-refractivity contribution < 1.29 is 14.3 Å². The highest BCUT2D eigenvalue weighted by molar-refractivity contribution is 5.76. The number of nitrogens with one attached hydrogen (secondary N) is 3. The Morgan fingerprint density at radius 2 is 2.00 bits per heavy atom. The number of nitrogens with zero attached hydrogens (tertiary/aromatic N) is 1. The first kappa shape index (κ1) is 19.0. The fourth-order valence-corrected chi connectivity index (χ4v) is 3.44. The minimum absolute atomic E-state index is 0.162. The minimum atomic E-state index is -0.620. The number of benzene rings is 2. The Labute approximate surface area is 168 Å². The topological polar surface area (TPSA) is 96.1 Å². The molecule has 2 heterocycles. The third kappa shape index (κ3) is 4.59. The van der Waals surface area contributed by atoms with Gasteiger partial charge in [0, 0.05) is 19.2 Å². The van der Waals surface area contributed by atoms with Crippen molar-refractivity contribution in [1.29, 1.82) is 0 Å². The second-order valence-electron chi connectivity index (χ2n) is 6.92. The van der Waals surface area contributed by atoms with Crippen LogP contribution in [0.25, 0.3) is 0 Å². The zero-order chi connectivity index (χ0) is 20.1. The van der Waals surface area contributed by atoms with Crippen LogP contribution in [0.1, 0.15) is 39.2 Å². The molecule has 0 bridgehead atoms. The molecule has 1 aliphatic heterocycles. The molecule has 0 spiro atoms. The zero-order valence-corrected chi connectivity index (χ0v) is 15.8. The van der Waals surface area contributed by atoms with Gasteiger partial charge in [-0.05, 0) is 16.7 Å². The van der Waals surface area contributed by atoms with Gasteiger partial charge in [0.1, 0.15) is 12.6 Å². The van der Waals surface area contributed by atoms with E-state index in [-0.39, 0.29) is 24.6 Å². The average Bonchev–Trinajstić information content (AvgIpc) is 3.39. The van der Waals surface area contributed by atoms with Crippen LogP contribution in [0.15, 0.2) is 60.8 Å². The van der Waals surface area contributed by atoms with E-state index in [1.165, 1.54) is 5.56 Å². The van der Waals surface area contributed by atoms with E-state index in [1.807, 2.05) is 48.5 Å². The summed E-state index contributed by atoms with van der Waals surface area (Å²) in [5.74, 6) is -0.128. The number of aromatic amines is 1. The quantitative estimate of drug-likeness (QED) is 0.403. The fourth-order valence-electron chi connectivity index (χ4n) is 3.44. The van der Waals surface area contributed by atoms with Crippen molar-refractivity contribution in [3.05, 3.63) is 89.0 Å². The van der Waals surface area contributed by atoms with Crippen LogP contribution in [0.2, 0.25) is 0 Å². The maximum absolute atomic E-state index is 12.9. The molecular formula is C22H22N4O3. The summed E-state index contributed by atoms with van der Waals surface area (Å²) < 4.78 is 5.56. The number of aldehydes is 1. The molecule has 29 heavy (non-hydrogen) atoms. The number of hydrogen-bond acceptors (Lipinski definition) is 6. The molecule has 148 valence electrons. The van der Waals surface area contributed by atoms with Crippen molar-refractivity contribution in [3.8, 4) is 0 Å². The highest BCUT2D eigenvalue weighted by Gasteiger charge is 2.29. The first-order valence-electron chi connectivity index (χ1n) is 9.50. The first-order valence-corrected chi connectivity index (χ1v) is 9.50. The van der Waals surface area contributed by atoms with Crippen molar-refractivity contribution >= 4 is 12.3 Å². The van der Waals surface area contributed by atoms with Crippen LogP contribution in [0.5, 0.6) is 0 Å². The lowest BCUT2D eigenvalue weighted by Crippen LogP contribution is -2.44. The number of H-pyrrole nitrogens is 1. The number of fused-ring (bicyclic) bond motifs is 1. The zero-order valence-electron chi connectivity index (χ0n) is 15.8. The Bertz CT molecular complexity index is 986. The van der Waals surface area contributed by atoms with Gasteiger partial charge in [-0.3, -0.25) is 20.2 Å². The second-order valence-corrected chi connectivity index (χ2v) is 6.92. The molecule has 0 fully saturated rings. The van der Waals surface area contributed by atoms with Crippen molar-refractivity contribution in [3.63, 3.8) is 0 Å². The van der Waals surface area contributed by atoms with Crippen molar-refractivity contribution in [1.82, 2.24) is 20.6 Å². The van der Waals surface area contributed by atoms with Gasteiger partial charge >= 0.3 is 5.97 Å². The summed E-state index contributed by atoms with van der Waals surface area (Å²) >= 11 is 0. The summed E-state index contributed by atoms with van der Waals surface area (Å²) in [7, 11) is 0. The molecule has 0 aliphatic carbocycles. The third-order valence-corrected chi connectivity index (χ3v) is 4.91. The highest BCUT2D eigenvalue weighted by Crippen LogP contribution is 2.23. The van der Waals surface area contributed by atoms with Gasteiger partial charge in [-0.15, -0.1) is 0 Å². The Morgan fingerprint density at radius 3 is 2.79 bits per heavy atom. The molecule has 0 amide bonds. The molecule has 0 saturated heterocycles. The molecule has 3 aromatic rings. The van der Waals surface area contributed by atoms with E-state index in [9.17, 15) is 9.59 Å². The summed E-state index contributed by atoms with van der Waals surface area (Å²) in [5.41, 5.74) is 3.85. The van der Waals surface area contributed by atoms with E-state index < -0.39 is 6.04 Å². The van der Waals surface area contributed by atoms with Crippen LogP contribution < -0.4 is 10.6 Å². The number of imidazole rings is 1. The van der Waals surface area contributed by atoms with E-state index >= 15 is 0 Å². The highest BCUT2D eigenvalue weighted by atomic mass is 16.5. The van der Waals surface area contributed by atoms with Gasteiger partial charge in [-0.25, -0.2) is 4.98 Å². The third-order valence-electron chi connectivity index (χ3n) is 4.91. The largest absolute Gasteiger partial charge is 0.460 e. The van der Waals surface area contributed by atoms with Crippen molar-refractivity contribution in [2.75, 3.05) is 0 Å². The smallest absolute Gasteiger partial charge is 0.323 e. The van der Waals surface area contributed by atoms with Crippen LogP contribution in [0.3, 0.4) is 0 Å². The SMILES string of the molecule is O=Cc1nc(C[C@H](NC2NCc3ccccc32)C(=O)OCc2ccccc2)c[nH]1. The second kappa shape index (κ2) is 8.81. The molecule has 0 radical (unpaired) electrons. The Morgan fingerprint density at radius 1 is 1.21 bits per heavy atom. The number of carbonyl (C=O) groups excluding carboxylic acids is 2. The van der Waals surface area contributed by atoms with Gasteiger partial charge < -0.3 is 9.72 Å². The van der Waals surface area contributed by atoms with Gasteiger partial charge in [0.15, 0.2) is 12.1 Å². The number of hydrogen-bond donors (Lipinski definition) is 3. The molecule has 3 N–H and O–H groups in total. The summed E-state index contributed by atoms with van der Waals surface area (Å²) in [6, 6.07) is 17.0. The molecule has 4 rings (SSSR count). The van der Waals surface area contributed by atoms with E-state index in [2.05, 4.69) is 26.7 Å². The predicted molar refractivity (Wildman–Crippen MR) is 107 cm³/mol. The summed E-state index contributed by atoms with van der Waals surface area (Å²) in [5, 5.41) is 6.74. The lowest BCUT2D eigenvalue weighted by Gasteiger charge is -2.22. The molecule has 0 saturated carbocycles. The van der Waals surface area contributed by atoms with Gasteiger partial charge in [0.2, 0.25) is 0 Å². The predicted octanol–water partition coefficient (Wildman–Crippen LogP) is 2.27. The van der Waals surface area contributed by atoms with Crippen molar-refractivity contribution in [2.24, 2.45) is 0 Å². The Balaban J connectivity index is 1.48. The molecular weight excluding hydrogens is 368 g/mol. The number of rotatable bonds is 8. The van der Waals surface area contributed by atoms with E-state index in [4.69, 9.17) is 4.74 Å².